The second kappa shape index (κ2) is 6.16. The molecular formula is C8H15O3. The van der Waals surface area contributed by atoms with E-state index < -0.39 is 12.1 Å². The molecule has 0 aromatic rings. The molecule has 0 rings (SSSR count). The first kappa shape index (κ1) is 10.4. The predicted octanol–water partition coefficient (Wildman–Crippen LogP) is 0.915. The summed E-state index contributed by atoms with van der Waals surface area (Å²) in [4.78, 5) is 10.6. The van der Waals surface area contributed by atoms with Crippen molar-refractivity contribution in [1.29, 1.82) is 0 Å². The molecule has 0 aliphatic rings. The normalized spacial score (nSPS) is 12.6. The Morgan fingerprint density at radius 3 is 2.73 bits per heavy atom. The first-order valence-corrected chi connectivity index (χ1v) is 3.86. The van der Waals surface area contributed by atoms with Crippen molar-refractivity contribution in [3.63, 3.8) is 0 Å². The molecular weight excluding hydrogens is 144 g/mol. The number of aliphatic hydroxyl groups is 1. The third-order valence-corrected chi connectivity index (χ3v) is 1.26. The molecule has 1 unspecified atom stereocenters. The van der Waals surface area contributed by atoms with E-state index in [2.05, 4.69) is 18.6 Å². The molecule has 1 N–H and O–H groups in total. The lowest BCUT2D eigenvalue weighted by Crippen LogP contribution is -2.19. The minimum absolute atomic E-state index is 0.388. The van der Waals surface area contributed by atoms with Crippen LogP contribution in [0, 0.1) is 6.92 Å². The van der Waals surface area contributed by atoms with E-state index in [1.165, 1.54) is 0 Å². The predicted molar refractivity (Wildman–Crippen MR) is 41.8 cm³/mol. The average Bonchev–Trinajstić information content (AvgIpc) is 1.97. The van der Waals surface area contributed by atoms with Crippen molar-refractivity contribution in [2.75, 3.05) is 6.61 Å². The molecule has 0 aliphatic carbocycles. The number of rotatable bonds is 5. The molecule has 3 heteroatoms. The zero-order valence-electron chi connectivity index (χ0n) is 6.88. The third-order valence-electron chi connectivity index (χ3n) is 1.26. The maximum absolute atomic E-state index is 10.6. The van der Waals surface area contributed by atoms with Gasteiger partial charge in [0, 0.05) is 0 Å². The van der Waals surface area contributed by atoms with Crippen LogP contribution in [0.15, 0.2) is 0 Å². The van der Waals surface area contributed by atoms with Gasteiger partial charge in [-0.15, -0.1) is 0 Å². The lowest BCUT2D eigenvalue weighted by Gasteiger charge is -2.04. The number of carbonyl (C=O) groups excluding carboxylic acids is 1. The Balaban J connectivity index is 3.18. The molecule has 0 aromatic carbocycles. The largest absolute Gasteiger partial charge is 0.464 e. The van der Waals surface area contributed by atoms with Gasteiger partial charge in [-0.05, 0) is 13.3 Å². The van der Waals surface area contributed by atoms with Crippen molar-refractivity contribution in [1.82, 2.24) is 0 Å². The molecule has 1 radical (unpaired) electrons. The molecule has 0 saturated carbocycles. The maximum Gasteiger partial charge on any atom is 0.334 e. The van der Waals surface area contributed by atoms with Crippen LogP contribution in [-0.4, -0.2) is 23.8 Å². The summed E-state index contributed by atoms with van der Waals surface area (Å²) < 4.78 is 4.65. The van der Waals surface area contributed by atoms with Gasteiger partial charge in [0.15, 0.2) is 6.10 Å². The quantitative estimate of drug-likeness (QED) is 0.479. The van der Waals surface area contributed by atoms with Gasteiger partial charge in [-0.3, -0.25) is 0 Å². The zero-order valence-corrected chi connectivity index (χ0v) is 6.88. The summed E-state index contributed by atoms with van der Waals surface area (Å²) >= 11 is 0. The zero-order chi connectivity index (χ0) is 8.69. The van der Waals surface area contributed by atoms with Crippen LogP contribution in [0.1, 0.15) is 26.2 Å². The highest BCUT2D eigenvalue weighted by atomic mass is 16.5. The van der Waals surface area contributed by atoms with Crippen LogP contribution in [0.25, 0.3) is 0 Å². The third kappa shape index (κ3) is 5.85. The first-order valence-electron chi connectivity index (χ1n) is 3.86. The Morgan fingerprint density at radius 2 is 2.27 bits per heavy atom. The van der Waals surface area contributed by atoms with Gasteiger partial charge in [-0.2, -0.15) is 0 Å². The molecule has 3 nitrogen and oxygen atoms in total. The van der Waals surface area contributed by atoms with Crippen LogP contribution in [0.3, 0.4) is 0 Å². The molecule has 0 heterocycles. The van der Waals surface area contributed by atoms with Crippen molar-refractivity contribution in [2.45, 2.75) is 32.3 Å². The number of ether oxygens (including phenoxy) is 1. The lowest BCUT2D eigenvalue weighted by atomic mass is 10.3. The molecule has 0 aliphatic heterocycles. The van der Waals surface area contributed by atoms with Crippen molar-refractivity contribution in [2.24, 2.45) is 0 Å². The molecule has 1 atom stereocenters. The maximum atomic E-state index is 10.6. The van der Waals surface area contributed by atoms with E-state index in [-0.39, 0.29) is 0 Å². The Bertz CT molecular complexity index is 110. The van der Waals surface area contributed by atoms with Gasteiger partial charge >= 0.3 is 5.97 Å². The monoisotopic (exact) mass is 159 g/mol. The Morgan fingerprint density at radius 1 is 1.64 bits per heavy atom. The van der Waals surface area contributed by atoms with Crippen LogP contribution in [0.4, 0.5) is 0 Å². The minimum atomic E-state index is -1.24. The molecule has 0 aromatic heterocycles. The van der Waals surface area contributed by atoms with Crippen molar-refractivity contribution in [3.8, 4) is 0 Å². The second-order valence-electron chi connectivity index (χ2n) is 2.39. The Labute approximate surface area is 67.4 Å². The first-order chi connectivity index (χ1) is 5.18. The smallest absolute Gasteiger partial charge is 0.334 e. The number of aliphatic hydroxyl groups excluding tert-OH is 1. The van der Waals surface area contributed by atoms with Crippen LogP contribution in [0.2, 0.25) is 0 Å². The van der Waals surface area contributed by atoms with E-state index >= 15 is 0 Å². The van der Waals surface area contributed by atoms with Crippen molar-refractivity contribution >= 4 is 5.97 Å². The Hall–Kier alpha value is -0.570. The van der Waals surface area contributed by atoms with Crippen LogP contribution in [-0.2, 0) is 9.53 Å². The van der Waals surface area contributed by atoms with Crippen LogP contribution < -0.4 is 0 Å². The van der Waals surface area contributed by atoms with E-state index in [0.717, 1.165) is 19.3 Å². The van der Waals surface area contributed by atoms with Gasteiger partial charge < -0.3 is 9.84 Å². The Kier molecular flexibility index (Phi) is 5.84. The summed E-state index contributed by atoms with van der Waals surface area (Å²) in [7, 11) is 0. The highest BCUT2D eigenvalue weighted by Crippen LogP contribution is 1.95. The fraction of sp³-hybridized carbons (Fsp3) is 0.750. The summed E-state index contributed by atoms with van der Waals surface area (Å²) in [6.45, 7) is 5.57. The standard InChI is InChI=1S/C8H15O3/c1-3-4-5-6-11-8(10)7(2)9/h7,9H,2-6H2,1H3. The van der Waals surface area contributed by atoms with E-state index in [1.54, 1.807) is 0 Å². The summed E-state index contributed by atoms with van der Waals surface area (Å²) in [6.07, 6.45) is 1.75. The van der Waals surface area contributed by atoms with Gasteiger partial charge in [0.05, 0.1) is 6.61 Å². The number of esters is 1. The summed E-state index contributed by atoms with van der Waals surface area (Å²) in [6, 6.07) is 0. The number of carbonyl (C=O) groups is 1. The topological polar surface area (TPSA) is 46.5 Å². The summed E-state index contributed by atoms with van der Waals surface area (Å²) in [5, 5.41) is 8.59. The molecule has 0 saturated heterocycles. The van der Waals surface area contributed by atoms with Crippen LogP contribution >= 0.6 is 0 Å². The molecule has 0 amide bonds. The minimum Gasteiger partial charge on any atom is -0.464 e. The lowest BCUT2D eigenvalue weighted by molar-refractivity contribution is -0.151. The fourth-order valence-electron chi connectivity index (χ4n) is 0.621. The summed E-state index contributed by atoms with van der Waals surface area (Å²) in [5.41, 5.74) is 0. The number of hydrogen-bond donors (Lipinski definition) is 1. The molecule has 65 valence electrons. The van der Waals surface area contributed by atoms with E-state index in [1.807, 2.05) is 0 Å². The summed E-state index contributed by atoms with van der Waals surface area (Å²) in [5.74, 6) is -0.638. The van der Waals surface area contributed by atoms with Gasteiger partial charge in [-0.1, -0.05) is 19.8 Å². The van der Waals surface area contributed by atoms with Gasteiger partial charge in [0.2, 0.25) is 0 Å². The van der Waals surface area contributed by atoms with Crippen molar-refractivity contribution < 1.29 is 14.6 Å². The molecule has 0 bridgehead atoms. The van der Waals surface area contributed by atoms with Gasteiger partial charge in [0.25, 0.3) is 0 Å². The SMILES string of the molecule is [CH2]C(O)C(=O)OCCCCC. The van der Waals surface area contributed by atoms with E-state index in [4.69, 9.17) is 5.11 Å². The molecule has 0 spiro atoms. The fourth-order valence-corrected chi connectivity index (χ4v) is 0.621. The highest BCUT2D eigenvalue weighted by Gasteiger charge is 2.08. The number of unbranched alkanes of at least 4 members (excludes halogenated alkanes) is 2. The second-order valence-corrected chi connectivity index (χ2v) is 2.39. The molecule has 0 fully saturated rings. The van der Waals surface area contributed by atoms with E-state index in [9.17, 15) is 4.79 Å². The average molecular weight is 159 g/mol. The van der Waals surface area contributed by atoms with Gasteiger partial charge in [-0.25, -0.2) is 4.79 Å². The van der Waals surface area contributed by atoms with E-state index in [0.29, 0.717) is 6.61 Å². The number of hydrogen-bond acceptors (Lipinski definition) is 3. The van der Waals surface area contributed by atoms with Crippen LogP contribution in [0.5, 0.6) is 0 Å². The highest BCUT2D eigenvalue weighted by molar-refractivity contribution is 5.74. The van der Waals surface area contributed by atoms with Crippen molar-refractivity contribution in [3.05, 3.63) is 6.92 Å². The molecule has 11 heavy (non-hydrogen) atoms. The van der Waals surface area contributed by atoms with Gasteiger partial charge in [0.1, 0.15) is 0 Å².